The summed E-state index contributed by atoms with van der Waals surface area (Å²) in [6.45, 7) is 8.25. The molecule has 0 N–H and O–H groups in total. The first-order valence-electron chi connectivity index (χ1n) is 4.23. The number of carbonyl (C=O) groups is 1. The van der Waals surface area contributed by atoms with Crippen LogP contribution in [0.4, 0.5) is 0 Å². The standard InChI is InChI=1S/C9H16N2O/c1-7-5-9(3,4)11(10-7)6-8(2)12/h5-6H2,1-4H3. The van der Waals surface area contributed by atoms with Crippen molar-refractivity contribution in [1.82, 2.24) is 5.01 Å². The molecule has 0 radical (unpaired) electrons. The van der Waals surface area contributed by atoms with Gasteiger partial charge in [0.1, 0.15) is 0 Å². The van der Waals surface area contributed by atoms with Crippen molar-refractivity contribution in [3.63, 3.8) is 0 Å². The van der Waals surface area contributed by atoms with E-state index in [0.29, 0.717) is 6.54 Å². The molecule has 0 atom stereocenters. The highest BCUT2D eigenvalue weighted by atomic mass is 16.1. The van der Waals surface area contributed by atoms with Gasteiger partial charge < -0.3 is 0 Å². The van der Waals surface area contributed by atoms with Crippen LogP contribution in [0.3, 0.4) is 0 Å². The van der Waals surface area contributed by atoms with Crippen molar-refractivity contribution in [3.8, 4) is 0 Å². The Hall–Kier alpha value is -0.860. The average molecular weight is 168 g/mol. The number of rotatable bonds is 2. The molecule has 68 valence electrons. The van der Waals surface area contributed by atoms with Crippen LogP contribution in [-0.4, -0.2) is 28.6 Å². The topological polar surface area (TPSA) is 32.7 Å². The van der Waals surface area contributed by atoms with Crippen LogP contribution in [0.5, 0.6) is 0 Å². The van der Waals surface area contributed by atoms with E-state index < -0.39 is 0 Å². The zero-order valence-electron chi connectivity index (χ0n) is 8.22. The maximum absolute atomic E-state index is 10.9. The Morgan fingerprint density at radius 2 is 2.25 bits per heavy atom. The second kappa shape index (κ2) is 2.88. The van der Waals surface area contributed by atoms with Gasteiger partial charge in [-0.2, -0.15) is 5.10 Å². The number of hydrazone groups is 1. The van der Waals surface area contributed by atoms with Crippen molar-refractivity contribution in [2.45, 2.75) is 39.7 Å². The van der Waals surface area contributed by atoms with Gasteiger partial charge in [-0.25, -0.2) is 0 Å². The first-order chi connectivity index (χ1) is 5.42. The normalized spacial score (nSPS) is 21.0. The van der Waals surface area contributed by atoms with Gasteiger partial charge in [-0.1, -0.05) is 0 Å². The highest BCUT2D eigenvalue weighted by Gasteiger charge is 2.32. The van der Waals surface area contributed by atoms with E-state index in [1.165, 1.54) is 0 Å². The molecule has 0 fully saturated rings. The van der Waals surface area contributed by atoms with E-state index in [9.17, 15) is 4.79 Å². The summed E-state index contributed by atoms with van der Waals surface area (Å²) in [5, 5.41) is 6.19. The van der Waals surface area contributed by atoms with E-state index in [1.807, 2.05) is 11.9 Å². The van der Waals surface area contributed by atoms with Crippen LogP contribution in [-0.2, 0) is 4.79 Å². The number of nitrogens with zero attached hydrogens (tertiary/aromatic N) is 2. The number of carbonyl (C=O) groups excluding carboxylic acids is 1. The number of hydrogen-bond acceptors (Lipinski definition) is 3. The third kappa shape index (κ3) is 1.84. The van der Waals surface area contributed by atoms with Crippen LogP contribution in [0.15, 0.2) is 5.10 Å². The van der Waals surface area contributed by atoms with E-state index in [4.69, 9.17) is 0 Å². The molecule has 0 spiro atoms. The van der Waals surface area contributed by atoms with Gasteiger partial charge >= 0.3 is 0 Å². The van der Waals surface area contributed by atoms with Gasteiger partial charge in [0.2, 0.25) is 0 Å². The zero-order valence-corrected chi connectivity index (χ0v) is 8.22. The number of hydrogen-bond donors (Lipinski definition) is 0. The lowest BCUT2D eigenvalue weighted by Crippen LogP contribution is -2.39. The number of ketones is 1. The Morgan fingerprint density at radius 3 is 2.58 bits per heavy atom. The van der Waals surface area contributed by atoms with Crippen LogP contribution in [0.1, 0.15) is 34.1 Å². The Kier molecular flexibility index (Phi) is 2.22. The summed E-state index contributed by atoms with van der Waals surface area (Å²) in [6, 6.07) is 0. The fourth-order valence-corrected chi connectivity index (χ4v) is 1.55. The van der Waals surface area contributed by atoms with E-state index in [1.54, 1.807) is 6.92 Å². The lowest BCUT2D eigenvalue weighted by molar-refractivity contribution is -0.119. The minimum absolute atomic E-state index is 0.0236. The lowest BCUT2D eigenvalue weighted by atomic mass is 9.99. The van der Waals surface area contributed by atoms with Crippen molar-refractivity contribution < 1.29 is 4.79 Å². The molecule has 0 aromatic rings. The molecule has 0 saturated heterocycles. The molecular formula is C9H16N2O. The Balaban J connectivity index is 2.69. The molecule has 12 heavy (non-hydrogen) atoms. The molecule has 1 aliphatic rings. The third-order valence-corrected chi connectivity index (χ3v) is 2.05. The first-order valence-corrected chi connectivity index (χ1v) is 4.23. The maximum atomic E-state index is 10.9. The minimum atomic E-state index is 0.0236. The monoisotopic (exact) mass is 168 g/mol. The van der Waals surface area contributed by atoms with Gasteiger partial charge in [-0.15, -0.1) is 0 Å². The second-order valence-corrected chi connectivity index (χ2v) is 4.08. The van der Waals surface area contributed by atoms with Crippen LogP contribution < -0.4 is 0 Å². The van der Waals surface area contributed by atoms with Gasteiger partial charge in [-0.3, -0.25) is 9.80 Å². The molecular weight excluding hydrogens is 152 g/mol. The molecule has 1 heterocycles. The van der Waals surface area contributed by atoms with Crippen LogP contribution in [0.25, 0.3) is 0 Å². The van der Waals surface area contributed by atoms with Crippen LogP contribution >= 0.6 is 0 Å². The van der Waals surface area contributed by atoms with Crippen LogP contribution in [0, 0.1) is 0 Å². The summed E-state index contributed by atoms with van der Waals surface area (Å²) >= 11 is 0. The van der Waals surface area contributed by atoms with Crippen molar-refractivity contribution in [2.75, 3.05) is 6.54 Å². The maximum Gasteiger partial charge on any atom is 0.150 e. The average Bonchev–Trinajstić information content (AvgIpc) is 2.04. The summed E-state index contributed by atoms with van der Waals surface area (Å²) in [6.07, 6.45) is 0.959. The van der Waals surface area contributed by atoms with Crippen molar-refractivity contribution in [3.05, 3.63) is 0 Å². The van der Waals surface area contributed by atoms with E-state index >= 15 is 0 Å². The first kappa shape index (κ1) is 9.23. The van der Waals surface area contributed by atoms with E-state index in [-0.39, 0.29) is 11.3 Å². The molecule has 0 aliphatic carbocycles. The molecule has 3 heteroatoms. The van der Waals surface area contributed by atoms with Crippen LogP contribution in [0.2, 0.25) is 0 Å². The Labute approximate surface area is 73.4 Å². The molecule has 1 rings (SSSR count). The summed E-state index contributed by atoms with van der Waals surface area (Å²) in [4.78, 5) is 10.9. The van der Waals surface area contributed by atoms with Gasteiger partial charge in [-0.05, 0) is 27.7 Å². The minimum Gasteiger partial charge on any atom is -0.298 e. The highest BCUT2D eigenvalue weighted by Crippen LogP contribution is 2.25. The Bertz CT molecular complexity index is 231. The largest absolute Gasteiger partial charge is 0.298 e. The van der Waals surface area contributed by atoms with Gasteiger partial charge in [0.25, 0.3) is 0 Å². The third-order valence-electron chi connectivity index (χ3n) is 2.05. The predicted octanol–water partition coefficient (Wildman–Crippen LogP) is 1.44. The summed E-state index contributed by atoms with van der Waals surface area (Å²) in [5.74, 6) is 0.168. The summed E-state index contributed by atoms with van der Waals surface area (Å²) in [7, 11) is 0. The van der Waals surface area contributed by atoms with E-state index in [0.717, 1.165) is 12.1 Å². The lowest BCUT2D eigenvalue weighted by Gasteiger charge is -2.29. The summed E-state index contributed by atoms with van der Waals surface area (Å²) < 4.78 is 0. The predicted molar refractivity (Wildman–Crippen MR) is 49.2 cm³/mol. The van der Waals surface area contributed by atoms with Gasteiger partial charge in [0.15, 0.2) is 5.78 Å². The molecule has 0 aromatic heterocycles. The molecule has 0 bridgehead atoms. The van der Waals surface area contributed by atoms with Gasteiger partial charge in [0.05, 0.1) is 12.1 Å². The number of Topliss-reactive ketones (excluding diaryl/α,β-unsaturated/α-hetero) is 1. The molecule has 0 unspecified atom stereocenters. The molecule has 0 saturated carbocycles. The molecule has 3 nitrogen and oxygen atoms in total. The highest BCUT2D eigenvalue weighted by molar-refractivity contribution is 5.85. The Morgan fingerprint density at radius 1 is 1.67 bits per heavy atom. The summed E-state index contributed by atoms with van der Waals surface area (Å²) in [5.41, 5.74) is 1.14. The quantitative estimate of drug-likeness (QED) is 0.625. The molecule has 1 aliphatic heterocycles. The fraction of sp³-hybridized carbons (Fsp3) is 0.778. The van der Waals surface area contributed by atoms with Crippen molar-refractivity contribution in [2.24, 2.45) is 5.10 Å². The van der Waals surface area contributed by atoms with Crippen molar-refractivity contribution in [1.29, 1.82) is 0 Å². The zero-order chi connectivity index (χ0) is 9.35. The fourth-order valence-electron chi connectivity index (χ4n) is 1.55. The molecule has 0 aromatic carbocycles. The second-order valence-electron chi connectivity index (χ2n) is 4.08. The van der Waals surface area contributed by atoms with E-state index in [2.05, 4.69) is 18.9 Å². The van der Waals surface area contributed by atoms with Gasteiger partial charge in [0, 0.05) is 12.1 Å². The SMILES string of the molecule is CC(=O)CN1N=C(C)CC1(C)C. The smallest absolute Gasteiger partial charge is 0.150 e. The molecule has 0 amide bonds. The van der Waals surface area contributed by atoms with Crippen molar-refractivity contribution >= 4 is 11.5 Å².